The highest BCUT2D eigenvalue weighted by molar-refractivity contribution is 5.73. The van der Waals surface area contributed by atoms with Crippen LogP contribution in [-0.4, -0.2) is 68.1 Å². The van der Waals surface area contributed by atoms with Crippen LogP contribution in [0.15, 0.2) is 48.6 Å². The third kappa shape index (κ3) is 10.6. The zero-order valence-corrected chi connectivity index (χ0v) is 25.1. The molecule has 8 unspecified atom stereocenters. The van der Waals surface area contributed by atoms with Gasteiger partial charge in [-0.25, -0.2) is 0 Å². The summed E-state index contributed by atoms with van der Waals surface area (Å²) in [6, 6.07) is 0. The largest absolute Gasteiger partial charge is 0.462 e. The molecule has 0 saturated carbocycles. The molecule has 13 atom stereocenters. The van der Waals surface area contributed by atoms with Gasteiger partial charge in [-0.2, -0.15) is 0 Å². The van der Waals surface area contributed by atoms with Gasteiger partial charge in [0.2, 0.25) is 0 Å². The second-order valence-corrected chi connectivity index (χ2v) is 12.0. The van der Waals surface area contributed by atoms with Crippen LogP contribution in [0.1, 0.15) is 68.2 Å². The Morgan fingerprint density at radius 3 is 2.10 bits per heavy atom. The molecule has 1 aliphatic heterocycles. The van der Waals surface area contributed by atoms with Gasteiger partial charge in [-0.1, -0.05) is 90.2 Å². The number of aliphatic hydroxyl groups is 5. The number of allylic oxidation sites excluding steroid dienone is 3. The van der Waals surface area contributed by atoms with Crippen molar-refractivity contribution in [1.82, 2.24) is 0 Å². The third-order valence-electron chi connectivity index (χ3n) is 8.41. The van der Waals surface area contributed by atoms with E-state index in [-0.39, 0.29) is 41.9 Å². The Morgan fingerprint density at radius 1 is 0.923 bits per heavy atom. The lowest BCUT2D eigenvalue weighted by Gasteiger charge is -2.36. The predicted molar refractivity (Wildman–Crippen MR) is 156 cm³/mol. The molecule has 7 nitrogen and oxygen atoms in total. The van der Waals surface area contributed by atoms with Crippen LogP contribution < -0.4 is 0 Å². The minimum absolute atomic E-state index is 0.0731. The Balaban J connectivity index is 2.67. The molecule has 1 heterocycles. The molecule has 0 aliphatic carbocycles. The average molecular weight is 551 g/mol. The summed E-state index contributed by atoms with van der Waals surface area (Å²) < 4.78 is 5.40. The number of carbonyl (C=O) groups excluding carboxylic acids is 1. The standard InChI is InChI=1S/C32H54O7/c1-10-11-12-19(3)29(35)24(8)30(36)22(6)16-18(2)15-21(5)28(34)20(4)13-14-26(33)17-27-23(7)31(37)25(9)32(38)39-27/h10-15,19-31,33-37H,1,16-17H2,2-9H3/b12-11-,14-13-,18-15-/t19?,20-,21-,22?,23?,24?,25+,26?,27-,28-,29?,30?,31?/m0/s1. The van der Waals surface area contributed by atoms with E-state index >= 15 is 0 Å². The molecule has 1 fully saturated rings. The van der Waals surface area contributed by atoms with E-state index in [4.69, 9.17) is 4.74 Å². The van der Waals surface area contributed by atoms with Gasteiger partial charge in [0.05, 0.1) is 36.4 Å². The summed E-state index contributed by atoms with van der Waals surface area (Å²) in [5.74, 6) is -2.18. The second-order valence-electron chi connectivity index (χ2n) is 12.0. The highest BCUT2D eigenvalue weighted by Crippen LogP contribution is 2.30. The normalized spacial score (nSPS) is 29.8. The third-order valence-corrected chi connectivity index (χ3v) is 8.41. The molecule has 0 bridgehead atoms. The van der Waals surface area contributed by atoms with E-state index in [9.17, 15) is 30.3 Å². The van der Waals surface area contributed by atoms with Crippen LogP contribution >= 0.6 is 0 Å². The first kappa shape index (κ1) is 35.3. The van der Waals surface area contributed by atoms with E-state index in [2.05, 4.69) is 6.58 Å². The van der Waals surface area contributed by atoms with Crippen LogP contribution in [0, 0.1) is 41.4 Å². The quantitative estimate of drug-likeness (QED) is 0.118. The van der Waals surface area contributed by atoms with Crippen molar-refractivity contribution in [2.24, 2.45) is 41.4 Å². The Bertz CT molecular complexity index is 849. The summed E-state index contributed by atoms with van der Waals surface area (Å²) in [7, 11) is 0. The fraction of sp³-hybridized carbons (Fsp3) is 0.719. The smallest absolute Gasteiger partial charge is 0.311 e. The number of aliphatic hydroxyl groups excluding tert-OH is 5. The Morgan fingerprint density at radius 2 is 1.51 bits per heavy atom. The van der Waals surface area contributed by atoms with E-state index < -0.39 is 48.5 Å². The fourth-order valence-corrected chi connectivity index (χ4v) is 5.46. The van der Waals surface area contributed by atoms with E-state index in [1.165, 1.54) is 0 Å². The van der Waals surface area contributed by atoms with E-state index in [1.807, 2.05) is 60.6 Å². The van der Waals surface area contributed by atoms with Crippen LogP contribution in [0.2, 0.25) is 0 Å². The van der Waals surface area contributed by atoms with Crippen molar-refractivity contribution in [3.8, 4) is 0 Å². The van der Waals surface area contributed by atoms with Gasteiger partial charge in [0.25, 0.3) is 0 Å². The summed E-state index contributed by atoms with van der Waals surface area (Å²) in [6.07, 6.45) is 7.27. The molecule has 7 heteroatoms. The van der Waals surface area contributed by atoms with Crippen LogP contribution in [0.5, 0.6) is 0 Å². The maximum Gasteiger partial charge on any atom is 0.311 e. The molecule has 0 radical (unpaired) electrons. The van der Waals surface area contributed by atoms with Gasteiger partial charge in [0.15, 0.2) is 0 Å². The monoisotopic (exact) mass is 550 g/mol. The number of ether oxygens (including phenoxy) is 1. The lowest BCUT2D eigenvalue weighted by molar-refractivity contribution is -0.179. The first-order valence-corrected chi connectivity index (χ1v) is 14.4. The molecule has 0 aromatic heterocycles. The van der Waals surface area contributed by atoms with E-state index in [0.29, 0.717) is 6.42 Å². The average Bonchev–Trinajstić information content (AvgIpc) is 2.89. The number of hydrogen-bond donors (Lipinski definition) is 5. The van der Waals surface area contributed by atoms with Gasteiger partial charge in [-0.05, 0) is 26.2 Å². The summed E-state index contributed by atoms with van der Waals surface area (Å²) in [6.45, 7) is 18.6. The molecule has 5 N–H and O–H groups in total. The first-order valence-electron chi connectivity index (χ1n) is 14.4. The molecule has 0 aromatic rings. The number of carbonyl (C=O) groups is 1. The molecule has 224 valence electrons. The Hall–Kier alpha value is -1.77. The lowest BCUT2D eigenvalue weighted by atomic mass is 9.81. The molecule has 1 rings (SSSR count). The minimum Gasteiger partial charge on any atom is -0.462 e. The summed E-state index contributed by atoms with van der Waals surface area (Å²) in [5, 5.41) is 53.1. The van der Waals surface area contributed by atoms with Crippen LogP contribution in [0.4, 0.5) is 0 Å². The topological polar surface area (TPSA) is 127 Å². The fourth-order valence-electron chi connectivity index (χ4n) is 5.46. The molecule has 0 amide bonds. The summed E-state index contributed by atoms with van der Waals surface area (Å²) >= 11 is 0. The number of rotatable bonds is 15. The zero-order chi connectivity index (χ0) is 30.0. The van der Waals surface area contributed by atoms with Crippen molar-refractivity contribution < 1.29 is 35.1 Å². The van der Waals surface area contributed by atoms with Gasteiger partial charge < -0.3 is 30.3 Å². The zero-order valence-electron chi connectivity index (χ0n) is 25.1. The highest BCUT2D eigenvalue weighted by Gasteiger charge is 2.40. The lowest BCUT2D eigenvalue weighted by Crippen LogP contribution is -2.47. The van der Waals surface area contributed by atoms with Gasteiger partial charge in [0.1, 0.15) is 6.10 Å². The number of hydrogen-bond acceptors (Lipinski definition) is 7. The Kier molecular flexibility index (Phi) is 14.9. The summed E-state index contributed by atoms with van der Waals surface area (Å²) in [5.41, 5.74) is 1.05. The molecule has 0 spiro atoms. The van der Waals surface area contributed by atoms with Gasteiger partial charge in [0, 0.05) is 36.0 Å². The maximum absolute atomic E-state index is 11.9. The van der Waals surface area contributed by atoms with Gasteiger partial charge in [-0.3, -0.25) is 4.79 Å². The first-order chi connectivity index (χ1) is 18.1. The minimum atomic E-state index is -0.872. The van der Waals surface area contributed by atoms with Crippen molar-refractivity contribution in [2.45, 2.75) is 105 Å². The highest BCUT2D eigenvalue weighted by atomic mass is 16.5. The van der Waals surface area contributed by atoms with Gasteiger partial charge >= 0.3 is 5.97 Å². The number of esters is 1. The molecular weight excluding hydrogens is 496 g/mol. The predicted octanol–water partition coefficient (Wildman–Crippen LogP) is 4.19. The van der Waals surface area contributed by atoms with Crippen LogP contribution in [-0.2, 0) is 9.53 Å². The molecule has 0 aromatic carbocycles. The van der Waals surface area contributed by atoms with Crippen molar-refractivity contribution in [3.63, 3.8) is 0 Å². The second kappa shape index (κ2) is 16.5. The Labute approximate surface area is 236 Å². The molecule has 1 saturated heterocycles. The van der Waals surface area contributed by atoms with Crippen molar-refractivity contribution in [2.75, 3.05) is 0 Å². The van der Waals surface area contributed by atoms with E-state index in [1.54, 1.807) is 31.2 Å². The molecule has 1 aliphatic rings. The maximum atomic E-state index is 11.9. The van der Waals surface area contributed by atoms with Crippen molar-refractivity contribution >= 4 is 5.97 Å². The number of cyclic esters (lactones) is 1. The summed E-state index contributed by atoms with van der Waals surface area (Å²) in [4.78, 5) is 11.9. The van der Waals surface area contributed by atoms with Crippen molar-refractivity contribution in [1.29, 1.82) is 0 Å². The molecular formula is C32H54O7. The van der Waals surface area contributed by atoms with E-state index in [0.717, 1.165) is 5.57 Å². The molecule has 39 heavy (non-hydrogen) atoms. The van der Waals surface area contributed by atoms with Crippen molar-refractivity contribution in [3.05, 3.63) is 48.6 Å². The van der Waals surface area contributed by atoms with Crippen LogP contribution in [0.3, 0.4) is 0 Å². The van der Waals surface area contributed by atoms with Gasteiger partial charge in [-0.15, -0.1) is 0 Å². The van der Waals surface area contributed by atoms with Crippen LogP contribution in [0.25, 0.3) is 0 Å². The SMILES string of the molecule is C=C/C=C\C(C)C(O)C(C)C(O)C(C)C/C(C)=C\[C@H](C)[C@@H](O)[C@@H](C)/C=C\C(O)C[C@@H]1OC(=O)[C@H](C)C(O)C1C.